The van der Waals surface area contributed by atoms with Crippen molar-refractivity contribution in [2.75, 3.05) is 0 Å². The molecule has 0 unspecified atom stereocenters. The molecule has 0 amide bonds. The van der Waals surface area contributed by atoms with Crippen LogP contribution in [0.5, 0.6) is 0 Å². The highest BCUT2D eigenvalue weighted by Crippen LogP contribution is 2.12. The summed E-state index contributed by atoms with van der Waals surface area (Å²) in [5, 5.41) is 21.2. The SMILES string of the molecule is N#Cc1ccc(Cn2nnc(-c3ccccc3)n2)cc1. The maximum atomic E-state index is 8.76. The van der Waals surface area contributed by atoms with E-state index in [0.29, 0.717) is 17.9 Å². The van der Waals surface area contributed by atoms with Crippen LogP contribution in [0, 0.1) is 11.3 Å². The van der Waals surface area contributed by atoms with Gasteiger partial charge in [0.2, 0.25) is 5.82 Å². The van der Waals surface area contributed by atoms with Crippen LogP contribution in [0.1, 0.15) is 11.1 Å². The number of benzene rings is 2. The number of aromatic nitrogens is 4. The zero-order chi connectivity index (χ0) is 13.8. The van der Waals surface area contributed by atoms with Gasteiger partial charge in [0.25, 0.3) is 0 Å². The summed E-state index contributed by atoms with van der Waals surface area (Å²) in [5.41, 5.74) is 2.62. The molecular weight excluding hydrogens is 250 g/mol. The molecule has 0 radical (unpaired) electrons. The Morgan fingerprint density at radius 1 is 1.00 bits per heavy atom. The van der Waals surface area contributed by atoms with Crippen molar-refractivity contribution in [3.63, 3.8) is 0 Å². The second kappa shape index (κ2) is 5.33. The van der Waals surface area contributed by atoms with Crippen molar-refractivity contribution in [2.24, 2.45) is 0 Å². The van der Waals surface area contributed by atoms with Gasteiger partial charge in [0.05, 0.1) is 18.2 Å². The van der Waals surface area contributed by atoms with Crippen LogP contribution in [0.4, 0.5) is 0 Å². The molecule has 5 nitrogen and oxygen atoms in total. The van der Waals surface area contributed by atoms with Crippen LogP contribution in [-0.4, -0.2) is 20.2 Å². The van der Waals surface area contributed by atoms with Gasteiger partial charge in [-0.2, -0.15) is 10.1 Å². The third-order valence-corrected chi connectivity index (χ3v) is 2.89. The summed E-state index contributed by atoms with van der Waals surface area (Å²) in [4.78, 5) is 1.55. The smallest absolute Gasteiger partial charge is 0.192 e. The molecule has 0 saturated carbocycles. The van der Waals surface area contributed by atoms with Crippen molar-refractivity contribution in [3.05, 3.63) is 65.7 Å². The zero-order valence-electron chi connectivity index (χ0n) is 10.6. The van der Waals surface area contributed by atoms with Crippen LogP contribution in [0.3, 0.4) is 0 Å². The molecule has 3 aromatic rings. The Labute approximate surface area is 116 Å². The predicted octanol–water partition coefficient (Wildman–Crippen LogP) is 2.26. The summed E-state index contributed by atoms with van der Waals surface area (Å²) in [6, 6.07) is 19.2. The molecule has 1 aromatic heterocycles. The van der Waals surface area contributed by atoms with Crippen LogP contribution >= 0.6 is 0 Å². The van der Waals surface area contributed by atoms with E-state index in [1.807, 2.05) is 42.5 Å². The highest BCUT2D eigenvalue weighted by Gasteiger charge is 2.05. The van der Waals surface area contributed by atoms with Gasteiger partial charge in [-0.15, -0.1) is 10.2 Å². The summed E-state index contributed by atoms with van der Waals surface area (Å²) in [7, 11) is 0. The molecule has 0 atom stereocenters. The maximum Gasteiger partial charge on any atom is 0.204 e. The first kappa shape index (κ1) is 12.1. The van der Waals surface area contributed by atoms with Gasteiger partial charge >= 0.3 is 0 Å². The van der Waals surface area contributed by atoms with Gasteiger partial charge in [0.1, 0.15) is 0 Å². The Kier molecular flexibility index (Phi) is 3.21. The normalized spacial score (nSPS) is 10.2. The lowest BCUT2D eigenvalue weighted by molar-refractivity contribution is 0.573. The van der Waals surface area contributed by atoms with Crippen molar-refractivity contribution in [2.45, 2.75) is 6.54 Å². The van der Waals surface area contributed by atoms with E-state index in [-0.39, 0.29) is 0 Å². The van der Waals surface area contributed by atoms with Gasteiger partial charge in [0.15, 0.2) is 0 Å². The van der Waals surface area contributed by atoms with E-state index in [1.54, 1.807) is 16.9 Å². The van der Waals surface area contributed by atoms with Crippen LogP contribution in [0.15, 0.2) is 54.6 Å². The molecule has 1 heterocycles. The Bertz CT molecular complexity index is 738. The molecule has 0 fully saturated rings. The van der Waals surface area contributed by atoms with E-state index in [2.05, 4.69) is 21.5 Å². The van der Waals surface area contributed by atoms with E-state index in [0.717, 1.165) is 11.1 Å². The lowest BCUT2D eigenvalue weighted by Crippen LogP contribution is -2.03. The van der Waals surface area contributed by atoms with Crippen molar-refractivity contribution in [1.29, 1.82) is 5.26 Å². The second-order valence-electron chi connectivity index (χ2n) is 4.32. The molecule has 5 heteroatoms. The summed E-state index contributed by atoms with van der Waals surface area (Å²) < 4.78 is 0. The topological polar surface area (TPSA) is 67.4 Å². The summed E-state index contributed by atoms with van der Waals surface area (Å²) in [5.74, 6) is 0.610. The molecule has 96 valence electrons. The van der Waals surface area contributed by atoms with Gasteiger partial charge in [0, 0.05) is 5.56 Å². The minimum atomic E-state index is 0.533. The summed E-state index contributed by atoms with van der Waals surface area (Å²) >= 11 is 0. The molecule has 0 aliphatic carbocycles. The van der Waals surface area contributed by atoms with Crippen LogP contribution in [0.2, 0.25) is 0 Å². The van der Waals surface area contributed by atoms with E-state index < -0.39 is 0 Å². The fraction of sp³-hybridized carbons (Fsp3) is 0.0667. The first-order valence-corrected chi connectivity index (χ1v) is 6.17. The number of tetrazole rings is 1. The van der Waals surface area contributed by atoms with E-state index in [4.69, 9.17) is 5.26 Å². The van der Waals surface area contributed by atoms with Gasteiger partial charge in [-0.25, -0.2) is 0 Å². The Balaban J connectivity index is 1.79. The van der Waals surface area contributed by atoms with Gasteiger partial charge in [-0.05, 0) is 22.9 Å². The lowest BCUT2D eigenvalue weighted by Gasteiger charge is -1.99. The molecule has 20 heavy (non-hydrogen) atoms. The number of rotatable bonds is 3. The number of hydrogen-bond acceptors (Lipinski definition) is 4. The molecular formula is C15H11N5. The first-order chi connectivity index (χ1) is 9.85. The molecule has 0 spiro atoms. The minimum absolute atomic E-state index is 0.533. The van der Waals surface area contributed by atoms with Crippen molar-refractivity contribution in [3.8, 4) is 17.5 Å². The standard InChI is InChI=1S/C15H11N5/c16-10-12-6-8-13(9-7-12)11-20-18-15(17-19-20)14-4-2-1-3-5-14/h1-9H,11H2. The second-order valence-corrected chi connectivity index (χ2v) is 4.32. The van der Waals surface area contributed by atoms with Crippen molar-refractivity contribution in [1.82, 2.24) is 20.2 Å². The quantitative estimate of drug-likeness (QED) is 0.725. The Morgan fingerprint density at radius 3 is 2.45 bits per heavy atom. The van der Waals surface area contributed by atoms with Gasteiger partial charge in [-0.1, -0.05) is 42.5 Å². The third-order valence-electron chi connectivity index (χ3n) is 2.89. The van der Waals surface area contributed by atoms with E-state index in [1.165, 1.54) is 0 Å². The Hall–Kier alpha value is -3.00. The molecule has 0 saturated heterocycles. The molecule has 2 aromatic carbocycles. The van der Waals surface area contributed by atoms with Crippen molar-refractivity contribution < 1.29 is 0 Å². The molecule has 0 N–H and O–H groups in total. The molecule has 0 aliphatic heterocycles. The highest BCUT2D eigenvalue weighted by atomic mass is 15.6. The maximum absolute atomic E-state index is 8.76. The third kappa shape index (κ3) is 2.54. The average Bonchev–Trinajstić information content (AvgIpc) is 2.97. The van der Waals surface area contributed by atoms with Crippen LogP contribution < -0.4 is 0 Å². The first-order valence-electron chi connectivity index (χ1n) is 6.17. The molecule has 0 aliphatic rings. The largest absolute Gasteiger partial charge is 0.204 e. The molecule has 3 rings (SSSR count). The predicted molar refractivity (Wildman–Crippen MR) is 73.5 cm³/mol. The van der Waals surface area contributed by atoms with E-state index >= 15 is 0 Å². The monoisotopic (exact) mass is 261 g/mol. The minimum Gasteiger partial charge on any atom is -0.192 e. The number of hydrogen-bond donors (Lipinski definition) is 0. The van der Waals surface area contributed by atoms with Crippen LogP contribution in [-0.2, 0) is 6.54 Å². The van der Waals surface area contributed by atoms with Crippen LogP contribution in [0.25, 0.3) is 11.4 Å². The van der Waals surface area contributed by atoms with Gasteiger partial charge in [-0.3, -0.25) is 0 Å². The highest BCUT2D eigenvalue weighted by molar-refractivity contribution is 5.52. The fourth-order valence-electron chi connectivity index (χ4n) is 1.86. The van der Waals surface area contributed by atoms with Crippen molar-refractivity contribution >= 4 is 0 Å². The molecule has 0 bridgehead atoms. The van der Waals surface area contributed by atoms with Gasteiger partial charge < -0.3 is 0 Å². The fourth-order valence-corrected chi connectivity index (χ4v) is 1.86. The van der Waals surface area contributed by atoms with E-state index in [9.17, 15) is 0 Å². The lowest BCUT2D eigenvalue weighted by atomic mass is 10.1. The summed E-state index contributed by atoms with van der Waals surface area (Å²) in [6.45, 7) is 0.533. The average molecular weight is 261 g/mol. The summed E-state index contributed by atoms with van der Waals surface area (Å²) in [6.07, 6.45) is 0. The zero-order valence-corrected chi connectivity index (χ0v) is 10.6. The number of nitriles is 1. The Morgan fingerprint density at radius 2 is 1.75 bits per heavy atom. The number of nitrogens with zero attached hydrogens (tertiary/aromatic N) is 5.